The molecule has 4 nitrogen and oxygen atoms in total. The summed E-state index contributed by atoms with van der Waals surface area (Å²) in [5, 5.41) is 3.93. The highest BCUT2D eigenvalue weighted by molar-refractivity contribution is 5.95. The molecule has 2 rings (SSSR count). The topological polar surface area (TPSA) is 67.5 Å². The molecule has 0 saturated carbocycles. The molecule has 0 spiro atoms. The van der Waals surface area contributed by atoms with Crippen LogP contribution in [0.1, 0.15) is 21.5 Å². The number of carbonyl (C=O) groups is 1. The summed E-state index contributed by atoms with van der Waals surface area (Å²) in [4.78, 5) is 11.7. The monoisotopic (exact) mass is 253 g/mol. The Morgan fingerprint density at radius 1 is 1.21 bits per heavy atom. The number of rotatable bonds is 3. The first-order chi connectivity index (χ1) is 9.15. The summed E-state index contributed by atoms with van der Waals surface area (Å²) in [7, 11) is 0. The smallest absolute Gasteiger partial charge is 0.271 e. The zero-order valence-electron chi connectivity index (χ0n) is 10.6. The molecule has 2 aromatic carbocycles. The van der Waals surface area contributed by atoms with Gasteiger partial charge in [-0.15, -0.1) is 0 Å². The van der Waals surface area contributed by atoms with Crippen molar-refractivity contribution in [3.63, 3.8) is 0 Å². The van der Waals surface area contributed by atoms with Crippen molar-refractivity contribution in [2.24, 2.45) is 5.10 Å². The SMILES string of the molecule is Cc1cccc(/C=N\NC(=O)c2ccc(N)cc2)c1. The van der Waals surface area contributed by atoms with Crippen LogP contribution >= 0.6 is 0 Å². The largest absolute Gasteiger partial charge is 0.399 e. The third kappa shape index (κ3) is 3.67. The zero-order valence-corrected chi connectivity index (χ0v) is 10.6. The van der Waals surface area contributed by atoms with Crippen LogP contribution in [-0.2, 0) is 0 Å². The van der Waals surface area contributed by atoms with Gasteiger partial charge in [0.1, 0.15) is 0 Å². The number of aryl methyl sites for hydroxylation is 1. The standard InChI is InChI=1S/C15H15N3O/c1-11-3-2-4-12(9-11)10-17-18-15(19)13-5-7-14(16)8-6-13/h2-10H,16H2,1H3,(H,18,19)/b17-10-. The van der Waals surface area contributed by atoms with E-state index in [-0.39, 0.29) is 5.91 Å². The molecule has 0 bridgehead atoms. The van der Waals surface area contributed by atoms with Gasteiger partial charge in [-0.3, -0.25) is 4.79 Å². The zero-order chi connectivity index (χ0) is 13.7. The second-order valence-electron chi connectivity index (χ2n) is 4.24. The van der Waals surface area contributed by atoms with E-state index in [0.717, 1.165) is 11.1 Å². The van der Waals surface area contributed by atoms with Gasteiger partial charge >= 0.3 is 0 Å². The quantitative estimate of drug-likeness (QED) is 0.501. The molecular weight excluding hydrogens is 238 g/mol. The Bertz CT molecular complexity index is 603. The summed E-state index contributed by atoms with van der Waals surface area (Å²) >= 11 is 0. The number of nitrogen functional groups attached to an aromatic ring is 1. The highest BCUT2D eigenvalue weighted by Gasteiger charge is 2.02. The summed E-state index contributed by atoms with van der Waals surface area (Å²) in [6, 6.07) is 14.5. The molecule has 19 heavy (non-hydrogen) atoms. The summed E-state index contributed by atoms with van der Waals surface area (Å²) < 4.78 is 0. The van der Waals surface area contributed by atoms with Crippen molar-refractivity contribution >= 4 is 17.8 Å². The number of hydrogen-bond acceptors (Lipinski definition) is 3. The molecule has 96 valence electrons. The van der Waals surface area contributed by atoms with Crippen LogP contribution in [0.4, 0.5) is 5.69 Å². The van der Waals surface area contributed by atoms with Gasteiger partial charge in [-0.05, 0) is 36.8 Å². The van der Waals surface area contributed by atoms with Crippen molar-refractivity contribution in [2.45, 2.75) is 6.92 Å². The molecule has 2 aromatic rings. The molecule has 0 atom stereocenters. The number of anilines is 1. The van der Waals surface area contributed by atoms with Gasteiger partial charge in [-0.25, -0.2) is 5.43 Å². The highest BCUT2D eigenvalue weighted by atomic mass is 16.2. The van der Waals surface area contributed by atoms with Gasteiger partial charge in [-0.2, -0.15) is 5.10 Å². The Balaban J connectivity index is 1.98. The molecule has 0 saturated heterocycles. The van der Waals surface area contributed by atoms with E-state index in [0.29, 0.717) is 11.3 Å². The van der Waals surface area contributed by atoms with Crippen LogP contribution < -0.4 is 11.2 Å². The van der Waals surface area contributed by atoms with Gasteiger partial charge < -0.3 is 5.73 Å². The molecule has 1 amide bonds. The summed E-state index contributed by atoms with van der Waals surface area (Å²) in [5.41, 5.74) is 11.3. The van der Waals surface area contributed by atoms with Crippen LogP contribution in [0.2, 0.25) is 0 Å². The van der Waals surface area contributed by atoms with Gasteiger partial charge in [-0.1, -0.05) is 29.8 Å². The fraction of sp³-hybridized carbons (Fsp3) is 0.0667. The lowest BCUT2D eigenvalue weighted by Gasteiger charge is -2.00. The van der Waals surface area contributed by atoms with Crippen LogP contribution in [0.3, 0.4) is 0 Å². The first kappa shape index (κ1) is 12.8. The lowest BCUT2D eigenvalue weighted by atomic mass is 10.2. The minimum atomic E-state index is -0.260. The molecule has 0 unspecified atom stereocenters. The van der Waals surface area contributed by atoms with Crippen LogP contribution in [0.25, 0.3) is 0 Å². The Hall–Kier alpha value is -2.62. The molecule has 0 heterocycles. The minimum Gasteiger partial charge on any atom is -0.399 e. The normalized spacial score (nSPS) is 10.6. The Kier molecular flexibility index (Phi) is 3.93. The fourth-order valence-electron chi connectivity index (χ4n) is 1.61. The number of nitrogens with zero attached hydrogens (tertiary/aromatic N) is 1. The van der Waals surface area contributed by atoms with E-state index in [4.69, 9.17) is 5.73 Å². The van der Waals surface area contributed by atoms with E-state index in [1.807, 2.05) is 31.2 Å². The first-order valence-electron chi connectivity index (χ1n) is 5.91. The Labute approximate surface area is 112 Å². The Morgan fingerprint density at radius 2 is 1.95 bits per heavy atom. The molecule has 0 aliphatic carbocycles. The van der Waals surface area contributed by atoms with Gasteiger partial charge in [0, 0.05) is 11.3 Å². The first-order valence-corrected chi connectivity index (χ1v) is 5.91. The predicted molar refractivity (Wildman–Crippen MR) is 77.1 cm³/mol. The van der Waals surface area contributed by atoms with E-state index in [2.05, 4.69) is 10.5 Å². The maximum absolute atomic E-state index is 11.7. The van der Waals surface area contributed by atoms with Crippen molar-refractivity contribution in [1.82, 2.24) is 5.43 Å². The van der Waals surface area contributed by atoms with Crippen LogP contribution in [-0.4, -0.2) is 12.1 Å². The van der Waals surface area contributed by atoms with E-state index < -0.39 is 0 Å². The molecule has 0 aliphatic rings. The number of benzene rings is 2. The molecule has 0 aliphatic heterocycles. The van der Waals surface area contributed by atoms with E-state index in [9.17, 15) is 4.79 Å². The fourth-order valence-corrected chi connectivity index (χ4v) is 1.61. The van der Waals surface area contributed by atoms with Crippen molar-refractivity contribution in [3.05, 3.63) is 65.2 Å². The number of hydrazone groups is 1. The molecule has 0 aromatic heterocycles. The maximum Gasteiger partial charge on any atom is 0.271 e. The average Bonchev–Trinajstić information content (AvgIpc) is 2.39. The number of hydrogen-bond donors (Lipinski definition) is 2. The number of nitrogens with two attached hydrogens (primary N) is 1. The van der Waals surface area contributed by atoms with Crippen molar-refractivity contribution in [2.75, 3.05) is 5.73 Å². The van der Waals surface area contributed by atoms with E-state index >= 15 is 0 Å². The van der Waals surface area contributed by atoms with Gasteiger partial charge in [0.05, 0.1) is 6.21 Å². The Morgan fingerprint density at radius 3 is 2.63 bits per heavy atom. The van der Waals surface area contributed by atoms with Crippen LogP contribution in [0, 0.1) is 6.92 Å². The van der Waals surface area contributed by atoms with Gasteiger partial charge in [0.2, 0.25) is 0 Å². The predicted octanol–water partition coefficient (Wildman–Crippen LogP) is 2.34. The van der Waals surface area contributed by atoms with Gasteiger partial charge in [0.25, 0.3) is 5.91 Å². The molecule has 3 N–H and O–H groups in total. The second-order valence-corrected chi connectivity index (χ2v) is 4.24. The summed E-state index contributed by atoms with van der Waals surface area (Å²) in [6.07, 6.45) is 1.61. The lowest BCUT2D eigenvalue weighted by Crippen LogP contribution is -2.17. The number of nitrogens with one attached hydrogen (secondary N) is 1. The lowest BCUT2D eigenvalue weighted by molar-refractivity contribution is 0.0955. The summed E-state index contributed by atoms with van der Waals surface area (Å²) in [5.74, 6) is -0.260. The third-order valence-electron chi connectivity index (χ3n) is 2.59. The van der Waals surface area contributed by atoms with Crippen molar-refractivity contribution in [1.29, 1.82) is 0 Å². The minimum absolute atomic E-state index is 0.260. The molecular formula is C15H15N3O. The number of amides is 1. The second kappa shape index (κ2) is 5.82. The van der Waals surface area contributed by atoms with E-state index in [1.165, 1.54) is 0 Å². The molecule has 4 heteroatoms. The van der Waals surface area contributed by atoms with Crippen molar-refractivity contribution in [3.8, 4) is 0 Å². The van der Waals surface area contributed by atoms with Crippen LogP contribution in [0.15, 0.2) is 53.6 Å². The molecule has 0 radical (unpaired) electrons. The third-order valence-corrected chi connectivity index (χ3v) is 2.59. The summed E-state index contributed by atoms with van der Waals surface area (Å²) in [6.45, 7) is 2.00. The van der Waals surface area contributed by atoms with E-state index in [1.54, 1.807) is 30.5 Å². The van der Waals surface area contributed by atoms with Crippen molar-refractivity contribution < 1.29 is 4.79 Å². The average molecular weight is 253 g/mol. The number of carbonyl (C=O) groups excluding carboxylic acids is 1. The maximum atomic E-state index is 11.7. The highest BCUT2D eigenvalue weighted by Crippen LogP contribution is 2.05. The van der Waals surface area contributed by atoms with Gasteiger partial charge in [0.15, 0.2) is 0 Å². The molecule has 0 fully saturated rings. The van der Waals surface area contributed by atoms with Crippen LogP contribution in [0.5, 0.6) is 0 Å².